The second-order valence-corrected chi connectivity index (χ2v) is 5.49. The van der Waals surface area contributed by atoms with Crippen molar-refractivity contribution in [2.75, 3.05) is 0 Å². The molecule has 15 heavy (non-hydrogen) atoms. The highest BCUT2D eigenvalue weighted by Gasteiger charge is 2.11. The Hall–Kier alpha value is -0.520. The average molecular weight is 208 g/mol. The monoisotopic (exact) mass is 208 g/mol. The molecule has 0 aliphatic carbocycles. The summed E-state index contributed by atoms with van der Waals surface area (Å²) < 4.78 is 0. The fourth-order valence-corrected chi connectivity index (χ4v) is 1.58. The minimum absolute atomic E-state index is 0.307. The van der Waals surface area contributed by atoms with E-state index in [1.165, 1.54) is 6.42 Å². The van der Waals surface area contributed by atoms with Gasteiger partial charge in [0, 0.05) is 0 Å². The van der Waals surface area contributed by atoms with E-state index in [9.17, 15) is 0 Å². The molecule has 88 valence electrons. The molecule has 0 radical (unpaired) electrons. The Morgan fingerprint density at radius 3 is 2.07 bits per heavy atom. The highest BCUT2D eigenvalue weighted by atomic mass is 14.2. The minimum Gasteiger partial charge on any atom is -0.0885 e. The van der Waals surface area contributed by atoms with Crippen LogP contribution < -0.4 is 0 Å². The first kappa shape index (κ1) is 14.5. The van der Waals surface area contributed by atoms with Crippen molar-refractivity contribution in [3.8, 4) is 0 Å². The first-order chi connectivity index (χ1) is 6.90. The summed E-state index contributed by atoms with van der Waals surface area (Å²) in [5.74, 6) is 1.35. The predicted octanol–water partition coefficient (Wildman–Crippen LogP) is 5.22. The fourth-order valence-electron chi connectivity index (χ4n) is 1.58. The average Bonchev–Trinajstić information content (AvgIpc) is 2.15. The minimum atomic E-state index is 0.307. The molecule has 0 rings (SSSR count). The second-order valence-electron chi connectivity index (χ2n) is 5.49. The van der Waals surface area contributed by atoms with Crippen molar-refractivity contribution in [3.05, 3.63) is 24.3 Å². The van der Waals surface area contributed by atoms with Crippen LogP contribution in [-0.2, 0) is 0 Å². The Bertz CT molecular complexity index is 203. The van der Waals surface area contributed by atoms with Crippen LogP contribution in [-0.4, -0.2) is 0 Å². The van der Waals surface area contributed by atoms with Crippen molar-refractivity contribution in [2.24, 2.45) is 17.3 Å². The molecule has 2 unspecified atom stereocenters. The molecule has 0 aliphatic rings. The van der Waals surface area contributed by atoms with Gasteiger partial charge in [-0.05, 0) is 30.1 Å². The highest BCUT2D eigenvalue weighted by Crippen LogP contribution is 2.22. The normalized spacial score (nSPS) is 17.5. The van der Waals surface area contributed by atoms with Crippen LogP contribution in [0.4, 0.5) is 0 Å². The topological polar surface area (TPSA) is 0 Å². The summed E-state index contributed by atoms with van der Waals surface area (Å²) in [5, 5.41) is 0. The van der Waals surface area contributed by atoms with Gasteiger partial charge >= 0.3 is 0 Å². The van der Waals surface area contributed by atoms with Crippen LogP contribution in [0.25, 0.3) is 0 Å². The Balaban J connectivity index is 4.33. The molecule has 0 aromatic rings. The van der Waals surface area contributed by atoms with Gasteiger partial charge in [-0.1, -0.05) is 65.8 Å². The Kier molecular flexibility index (Phi) is 6.63. The maximum Gasteiger partial charge on any atom is -0.0176 e. The third-order valence-corrected chi connectivity index (χ3v) is 2.67. The smallest absolute Gasteiger partial charge is 0.0176 e. The lowest BCUT2D eigenvalue weighted by Gasteiger charge is -2.18. The van der Waals surface area contributed by atoms with E-state index in [0.717, 1.165) is 6.42 Å². The van der Waals surface area contributed by atoms with Gasteiger partial charge in [0.1, 0.15) is 0 Å². The largest absolute Gasteiger partial charge is 0.0885 e. The van der Waals surface area contributed by atoms with Crippen molar-refractivity contribution in [2.45, 2.75) is 54.4 Å². The highest BCUT2D eigenvalue weighted by molar-refractivity contribution is 5.00. The zero-order chi connectivity index (χ0) is 11.9. The van der Waals surface area contributed by atoms with Crippen molar-refractivity contribution in [1.82, 2.24) is 0 Å². The number of rotatable bonds is 5. The maximum atomic E-state index is 2.37. The van der Waals surface area contributed by atoms with Crippen molar-refractivity contribution >= 4 is 0 Å². The van der Waals surface area contributed by atoms with Gasteiger partial charge in [-0.25, -0.2) is 0 Å². The van der Waals surface area contributed by atoms with E-state index in [1.807, 2.05) is 0 Å². The molecular weight excluding hydrogens is 180 g/mol. The molecule has 2 atom stereocenters. The van der Waals surface area contributed by atoms with Gasteiger partial charge in [0.2, 0.25) is 0 Å². The molecule has 0 aromatic carbocycles. The SMILES string of the molecule is CCC=CC(CC)C(C)C=CC(C)(C)C. The predicted molar refractivity (Wildman–Crippen MR) is 71.0 cm³/mol. The van der Waals surface area contributed by atoms with Gasteiger partial charge in [-0.2, -0.15) is 0 Å². The van der Waals surface area contributed by atoms with Crippen LogP contribution in [0.3, 0.4) is 0 Å². The van der Waals surface area contributed by atoms with Crippen molar-refractivity contribution < 1.29 is 0 Å². The van der Waals surface area contributed by atoms with E-state index >= 15 is 0 Å². The molecule has 0 saturated carbocycles. The molecule has 0 aromatic heterocycles. The molecular formula is C15H28. The van der Waals surface area contributed by atoms with E-state index in [-0.39, 0.29) is 0 Å². The summed E-state index contributed by atoms with van der Waals surface area (Å²) in [6, 6.07) is 0. The summed E-state index contributed by atoms with van der Waals surface area (Å²) in [7, 11) is 0. The lowest BCUT2D eigenvalue weighted by Crippen LogP contribution is -2.07. The quantitative estimate of drug-likeness (QED) is 0.544. The Morgan fingerprint density at radius 2 is 1.67 bits per heavy atom. The van der Waals surface area contributed by atoms with Crippen LogP contribution in [0, 0.1) is 17.3 Å². The van der Waals surface area contributed by atoms with Gasteiger partial charge in [0.15, 0.2) is 0 Å². The molecule has 0 fully saturated rings. The zero-order valence-electron chi connectivity index (χ0n) is 11.4. The van der Waals surface area contributed by atoms with Gasteiger partial charge in [0.25, 0.3) is 0 Å². The van der Waals surface area contributed by atoms with Gasteiger partial charge < -0.3 is 0 Å². The molecule has 0 heteroatoms. The maximum absolute atomic E-state index is 2.37. The molecule has 0 N–H and O–H groups in total. The fraction of sp³-hybridized carbons (Fsp3) is 0.733. The first-order valence-corrected chi connectivity index (χ1v) is 6.26. The molecule has 0 spiro atoms. The third kappa shape index (κ3) is 7.41. The summed E-state index contributed by atoms with van der Waals surface area (Å²) in [6.45, 7) is 13.5. The zero-order valence-corrected chi connectivity index (χ0v) is 11.4. The molecule has 0 nitrogen and oxygen atoms in total. The van der Waals surface area contributed by atoms with Gasteiger partial charge in [-0.15, -0.1) is 0 Å². The Labute approximate surface area is 96.5 Å². The van der Waals surface area contributed by atoms with E-state index < -0.39 is 0 Å². The molecule has 0 saturated heterocycles. The van der Waals surface area contributed by atoms with Gasteiger partial charge in [-0.3, -0.25) is 0 Å². The summed E-state index contributed by atoms with van der Waals surface area (Å²) in [6.07, 6.45) is 11.7. The summed E-state index contributed by atoms with van der Waals surface area (Å²) in [5.41, 5.74) is 0.307. The molecule has 0 aliphatic heterocycles. The molecule has 0 bridgehead atoms. The van der Waals surface area contributed by atoms with Crippen molar-refractivity contribution in [3.63, 3.8) is 0 Å². The van der Waals surface area contributed by atoms with Crippen LogP contribution >= 0.6 is 0 Å². The molecule has 0 heterocycles. The Morgan fingerprint density at radius 1 is 1.07 bits per heavy atom. The summed E-state index contributed by atoms with van der Waals surface area (Å²) in [4.78, 5) is 0. The standard InChI is InChI=1S/C15H28/c1-7-9-10-14(8-2)13(3)11-12-15(4,5)6/h9-14H,7-8H2,1-6H3. The lowest BCUT2D eigenvalue weighted by molar-refractivity contribution is 0.480. The van der Waals surface area contributed by atoms with Crippen LogP contribution in [0.15, 0.2) is 24.3 Å². The second kappa shape index (κ2) is 6.87. The van der Waals surface area contributed by atoms with E-state index in [4.69, 9.17) is 0 Å². The van der Waals surface area contributed by atoms with Crippen LogP contribution in [0.2, 0.25) is 0 Å². The number of hydrogen-bond donors (Lipinski definition) is 0. The van der Waals surface area contributed by atoms with Crippen LogP contribution in [0.1, 0.15) is 54.4 Å². The number of hydrogen-bond acceptors (Lipinski definition) is 0. The first-order valence-electron chi connectivity index (χ1n) is 6.26. The van der Waals surface area contributed by atoms with Crippen LogP contribution in [0.5, 0.6) is 0 Å². The van der Waals surface area contributed by atoms with E-state index in [1.54, 1.807) is 0 Å². The third-order valence-electron chi connectivity index (χ3n) is 2.67. The number of allylic oxidation sites excluding steroid dienone is 4. The molecule has 0 amide bonds. The van der Waals surface area contributed by atoms with E-state index in [2.05, 4.69) is 65.8 Å². The lowest BCUT2D eigenvalue weighted by atomic mass is 9.87. The van der Waals surface area contributed by atoms with E-state index in [0.29, 0.717) is 17.3 Å². The van der Waals surface area contributed by atoms with Gasteiger partial charge in [0.05, 0.1) is 0 Å². The summed E-state index contributed by atoms with van der Waals surface area (Å²) >= 11 is 0. The van der Waals surface area contributed by atoms with Crippen molar-refractivity contribution in [1.29, 1.82) is 0 Å².